The van der Waals surface area contributed by atoms with E-state index in [2.05, 4.69) is 27.4 Å². The smallest absolute Gasteiger partial charge is 0.235 e. The SMILES string of the molecule is C=CCN1C(=O)C2C(N=C1SCC)c1ccc(O)cc1CC2(C)C. The van der Waals surface area contributed by atoms with Gasteiger partial charge in [0, 0.05) is 6.54 Å². The van der Waals surface area contributed by atoms with Crippen molar-refractivity contribution < 1.29 is 9.90 Å². The molecule has 2 atom stereocenters. The summed E-state index contributed by atoms with van der Waals surface area (Å²) in [7, 11) is 0. The molecule has 3 rings (SSSR count). The zero-order valence-electron chi connectivity index (χ0n) is 14.5. The van der Waals surface area contributed by atoms with Gasteiger partial charge in [-0.15, -0.1) is 6.58 Å². The first-order valence-electron chi connectivity index (χ1n) is 8.33. The number of carbonyl (C=O) groups is 1. The van der Waals surface area contributed by atoms with Crippen LogP contribution < -0.4 is 0 Å². The van der Waals surface area contributed by atoms with Crippen LogP contribution in [-0.4, -0.2) is 33.4 Å². The minimum atomic E-state index is -0.214. The van der Waals surface area contributed by atoms with Crippen LogP contribution in [0, 0.1) is 11.3 Å². The number of rotatable bonds is 3. The number of phenolic OH excluding ortho intramolecular Hbond substituents is 1. The van der Waals surface area contributed by atoms with E-state index in [1.165, 1.54) is 0 Å². The Hall–Kier alpha value is -1.75. The van der Waals surface area contributed by atoms with Gasteiger partial charge in [-0.05, 0) is 40.8 Å². The van der Waals surface area contributed by atoms with E-state index in [1.807, 2.05) is 12.1 Å². The number of carbonyl (C=O) groups excluding carboxylic acids is 1. The number of aliphatic imine (C=N–C) groups is 1. The van der Waals surface area contributed by atoms with Gasteiger partial charge >= 0.3 is 0 Å². The first kappa shape index (κ1) is 17.1. The van der Waals surface area contributed by atoms with Crippen molar-refractivity contribution in [2.24, 2.45) is 16.3 Å². The molecule has 1 amide bonds. The third-order valence-electron chi connectivity index (χ3n) is 4.85. The number of benzene rings is 1. The molecule has 0 saturated heterocycles. The molecule has 24 heavy (non-hydrogen) atoms. The monoisotopic (exact) mass is 344 g/mol. The second kappa shape index (κ2) is 6.28. The molecular weight excluding hydrogens is 320 g/mol. The van der Waals surface area contributed by atoms with Crippen molar-refractivity contribution in [3.63, 3.8) is 0 Å². The van der Waals surface area contributed by atoms with Gasteiger partial charge in [-0.25, -0.2) is 0 Å². The van der Waals surface area contributed by atoms with Crippen molar-refractivity contribution in [3.05, 3.63) is 42.0 Å². The van der Waals surface area contributed by atoms with Crippen LogP contribution in [0.3, 0.4) is 0 Å². The summed E-state index contributed by atoms with van der Waals surface area (Å²) in [5.74, 6) is 1.08. The van der Waals surface area contributed by atoms with Crippen LogP contribution in [-0.2, 0) is 11.2 Å². The number of phenols is 1. The van der Waals surface area contributed by atoms with Gasteiger partial charge in [-0.3, -0.25) is 14.7 Å². The Morgan fingerprint density at radius 1 is 1.50 bits per heavy atom. The maximum Gasteiger partial charge on any atom is 0.235 e. The number of fused-ring (bicyclic) bond motifs is 3. The highest BCUT2D eigenvalue weighted by Crippen LogP contribution is 2.51. The first-order chi connectivity index (χ1) is 11.4. The molecule has 128 valence electrons. The van der Waals surface area contributed by atoms with E-state index in [-0.39, 0.29) is 29.0 Å². The van der Waals surface area contributed by atoms with E-state index in [9.17, 15) is 9.90 Å². The molecular formula is C19H24N2O2S. The van der Waals surface area contributed by atoms with E-state index in [0.717, 1.165) is 28.5 Å². The summed E-state index contributed by atoms with van der Waals surface area (Å²) in [5, 5.41) is 10.6. The molecule has 2 unspecified atom stereocenters. The summed E-state index contributed by atoms with van der Waals surface area (Å²) >= 11 is 1.60. The van der Waals surface area contributed by atoms with Crippen molar-refractivity contribution in [1.82, 2.24) is 4.90 Å². The number of hydrogen-bond donors (Lipinski definition) is 1. The average molecular weight is 344 g/mol. The Balaban J connectivity index is 2.15. The largest absolute Gasteiger partial charge is 0.508 e. The molecule has 0 radical (unpaired) electrons. The average Bonchev–Trinajstić information content (AvgIpc) is 2.49. The molecule has 1 N–H and O–H groups in total. The summed E-state index contributed by atoms with van der Waals surface area (Å²) < 4.78 is 0. The van der Waals surface area contributed by atoms with Gasteiger partial charge in [-0.2, -0.15) is 0 Å². The molecule has 1 aliphatic carbocycles. The van der Waals surface area contributed by atoms with Gasteiger partial charge in [0.1, 0.15) is 5.75 Å². The molecule has 4 nitrogen and oxygen atoms in total. The topological polar surface area (TPSA) is 52.9 Å². The van der Waals surface area contributed by atoms with Crippen LogP contribution in [0.15, 0.2) is 35.8 Å². The number of amides is 1. The number of nitrogens with zero attached hydrogens (tertiary/aromatic N) is 2. The third kappa shape index (κ3) is 2.75. The maximum atomic E-state index is 13.3. The summed E-state index contributed by atoms with van der Waals surface area (Å²) in [4.78, 5) is 20.0. The van der Waals surface area contributed by atoms with Gasteiger partial charge in [0.25, 0.3) is 0 Å². The van der Waals surface area contributed by atoms with Crippen LogP contribution in [0.5, 0.6) is 5.75 Å². The fourth-order valence-corrected chi connectivity index (χ4v) is 4.61. The Kier molecular flexibility index (Phi) is 4.47. The molecule has 0 bridgehead atoms. The number of hydrogen-bond acceptors (Lipinski definition) is 4. The Bertz CT molecular complexity index is 711. The van der Waals surface area contributed by atoms with E-state index in [0.29, 0.717) is 6.54 Å². The van der Waals surface area contributed by atoms with E-state index in [1.54, 1.807) is 28.8 Å². The molecule has 2 aliphatic rings. The molecule has 0 fully saturated rings. The van der Waals surface area contributed by atoms with E-state index < -0.39 is 0 Å². The van der Waals surface area contributed by atoms with E-state index in [4.69, 9.17) is 4.99 Å². The van der Waals surface area contributed by atoms with Crippen molar-refractivity contribution in [2.45, 2.75) is 33.2 Å². The summed E-state index contributed by atoms with van der Waals surface area (Å²) in [6.07, 6.45) is 2.52. The number of thioether (sulfide) groups is 1. The molecule has 5 heteroatoms. The minimum Gasteiger partial charge on any atom is -0.508 e. The van der Waals surface area contributed by atoms with Crippen LogP contribution in [0.2, 0.25) is 0 Å². The molecule has 1 aromatic carbocycles. The standard InChI is InChI=1S/C19H24N2O2S/c1-5-9-21-17(23)15-16(20-18(21)24-6-2)14-8-7-13(22)10-12(14)11-19(15,3)4/h5,7-8,10,15-16,22H,1,6,9,11H2,2-4H3. The lowest BCUT2D eigenvalue weighted by molar-refractivity contribution is -0.137. The first-order valence-corrected chi connectivity index (χ1v) is 9.32. The highest BCUT2D eigenvalue weighted by molar-refractivity contribution is 8.13. The lowest BCUT2D eigenvalue weighted by atomic mass is 9.63. The molecule has 0 aromatic heterocycles. The highest BCUT2D eigenvalue weighted by atomic mass is 32.2. The van der Waals surface area contributed by atoms with Gasteiger partial charge in [-0.1, -0.05) is 44.7 Å². The predicted molar refractivity (Wildman–Crippen MR) is 99.3 cm³/mol. The molecule has 1 aromatic rings. The lowest BCUT2D eigenvalue weighted by Crippen LogP contribution is -2.52. The molecule has 0 saturated carbocycles. The van der Waals surface area contributed by atoms with Gasteiger partial charge in [0.15, 0.2) is 5.17 Å². The van der Waals surface area contributed by atoms with Crippen LogP contribution in [0.25, 0.3) is 0 Å². The van der Waals surface area contributed by atoms with Crippen molar-refractivity contribution in [3.8, 4) is 5.75 Å². The second-order valence-electron chi connectivity index (χ2n) is 7.05. The fraction of sp³-hybridized carbons (Fsp3) is 0.474. The van der Waals surface area contributed by atoms with Crippen molar-refractivity contribution in [1.29, 1.82) is 0 Å². The highest BCUT2D eigenvalue weighted by Gasteiger charge is 2.50. The Labute approximate surface area is 147 Å². The zero-order valence-corrected chi connectivity index (χ0v) is 15.3. The quantitative estimate of drug-likeness (QED) is 0.849. The minimum absolute atomic E-state index is 0.134. The van der Waals surface area contributed by atoms with Crippen LogP contribution >= 0.6 is 11.8 Å². The van der Waals surface area contributed by atoms with E-state index >= 15 is 0 Å². The third-order valence-corrected chi connectivity index (χ3v) is 5.72. The normalized spacial score (nSPS) is 24.9. The zero-order chi connectivity index (χ0) is 17.5. The summed E-state index contributed by atoms with van der Waals surface area (Å²) in [5.41, 5.74) is 1.95. The maximum absolute atomic E-state index is 13.3. The predicted octanol–water partition coefficient (Wildman–Crippen LogP) is 3.77. The number of aromatic hydroxyl groups is 1. The van der Waals surface area contributed by atoms with Gasteiger partial charge in [0.2, 0.25) is 5.91 Å². The molecule has 1 heterocycles. The van der Waals surface area contributed by atoms with Crippen molar-refractivity contribution >= 4 is 22.8 Å². The Morgan fingerprint density at radius 3 is 2.92 bits per heavy atom. The lowest BCUT2D eigenvalue weighted by Gasteiger charge is -2.47. The number of amidine groups is 1. The molecule has 0 spiro atoms. The van der Waals surface area contributed by atoms with Crippen molar-refractivity contribution in [2.75, 3.05) is 12.3 Å². The molecule has 1 aliphatic heterocycles. The van der Waals surface area contributed by atoms with Crippen LogP contribution in [0.1, 0.15) is 37.9 Å². The van der Waals surface area contributed by atoms with Gasteiger partial charge in [0.05, 0.1) is 12.0 Å². The van der Waals surface area contributed by atoms with Crippen LogP contribution in [0.4, 0.5) is 0 Å². The second-order valence-corrected chi connectivity index (χ2v) is 8.28. The fourth-order valence-electron chi connectivity index (χ4n) is 3.85. The summed E-state index contributed by atoms with van der Waals surface area (Å²) in [6, 6.07) is 5.26. The summed E-state index contributed by atoms with van der Waals surface area (Å²) in [6.45, 7) is 10.6. The Morgan fingerprint density at radius 2 is 2.25 bits per heavy atom. The van der Waals surface area contributed by atoms with Gasteiger partial charge < -0.3 is 5.11 Å².